The number of nitrogen functional groups attached to an aromatic ring is 1. The zero-order chi connectivity index (χ0) is 22.3. The summed E-state index contributed by atoms with van der Waals surface area (Å²) in [5, 5.41) is 0. The summed E-state index contributed by atoms with van der Waals surface area (Å²) in [6.45, 7) is 6.49. The maximum absolute atomic E-state index is 13.0. The van der Waals surface area contributed by atoms with E-state index in [1.54, 1.807) is 13.2 Å². The summed E-state index contributed by atoms with van der Waals surface area (Å²) < 4.78 is 6.65. The predicted molar refractivity (Wildman–Crippen MR) is 120 cm³/mol. The zero-order valence-electron chi connectivity index (χ0n) is 18.0. The number of aromatic nitrogens is 2. The number of rotatable bonds is 9. The van der Waals surface area contributed by atoms with Crippen molar-refractivity contribution in [2.45, 2.75) is 46.6 Å². The Labute approximate surface area is 176 Å². The monoisotopic (exact) mass is 414 g/mol. The van der Waals surface area contributed by atoms with E-state index in [1.165, 1.54) is 15.5 Å². The number of nitrogens with two attached hydrogens (primary N) is 1. The predicted octanol–water partition coefficient (Wildman–Crippen LogP) is 2.69. The number of H-pyrrole nitrogens is 1. The fourth-order valence-corrected chi connectivity index (χ4v) is 3.17. The van der Waals surface area contributed by atoms with Crippen LogP contribution < -0.4 is 26.6 Å². The van der Waals surface area contributed by atoms with Crippen molar-refractivity contribution in [3.8, 4) is 5.75 Å². The van der Waals surface area contributed by atoms with Gasteiger partial charge in [0.1, 0.15) is 11.6 Å². The molecule has 0 atom stereocenters. The molecule has 162 valence electrons. The van der Waals surface area contributed by atoms with Gasteiger partial charge >= 0.3 is 5.69 Å². The van der Waals surface area contributed by atoms with Crippen LogP contribution in [-0.2, 0) is 11.3 Å². The Morgan fingerprint density at radius 2 is 2.00 bits per heavy atom. The highest BCUT2D eigenvalue weighted by molar-refractivity contribution is 6.05. The number of amides is 1. The molecule has 0 unspecified atom stereocenters. The van der Waals surface area contributed by atoms with Crippen LogP contribution in [0.5, 0.6) is 5.75 Å². The first kappa shape index (κ1) is 23.0. The molecule has 0 aliphatic heterocycles. The van der Waals surface area contributed by atoms with Crippen molar-refractivity contribution in [2.75, 3.05) is 24.3 Å². The van der Waals surface area contributed by atoms with Crippen LogP contribution in [-0.4, -0.2) is 29.1 Å². The highest BCUT2D eigenvalue weighted by Crippen LogP contribution is 2.22. The largest absolute Gasteiger partial charge is 0.496 e. The molecule has 0 aliphatic rings. The topological polar surface area (TPSA) is 110 Å². The third-order valence-electron chi connectivity index (χ3n) is 4.72. The third kappa shape index (κ3) is 5.20. The zero-order valence-corrected chi connectivity index (χ0v) is 18.0. The minimum Gasteiger partial charge on any atom is -0.496 e. The molecular weight excluding hydrogens is 384 g/mol. The molecule has 0 fully saturated rings. The number of methoxy groups -OCH3 is 1. The molecule has 0 saturated carbocycles. The number of hydrogen-bond acceptors (Lipinski definition) is 5. The van der Waals surface area contributed by atoms with Gasteiger partial charge in [-0.3, -0.25) is 19.1 Å². The second-order valence-corrected chi connectivity index (χ2v) is 7.07. The summed E-state index contributed by atoms with van der Waals surface area (Å²) in [7, 11) is 1.56. The molecule has 8 nitrogen and oxygen atoms in total. The second-order valence-electron chi connectivity index (χ2n) is 7.07. The number of anilines is 2. The molecule has 0 bridgehead atoms. The summed E-state index contributed by atoms with van der Waals surface area (Å²) in [5.41, 5.74) is 6.70. The number of nitrogens with zero attached hydrogens (tertiary/aromatic N) is 2. The number of unbranched alkanes of at least 4 members (excludes halogenated alkanes) is 1. The van der Waals surface area contributed by atoms with E-state index in [0.717, 1.165) is 24.0 Å². The van der Waals surface area contributed by atoms with Gasteiger partial charge in [-0.1, -0.05) is 31.9 Å². The third-order valence-corrected chi connectivity index (χ3v) is 4.72. The van der Waals surface area contributed by atoms with Crippen molar-refractivity contribution in [1.29, 1.82) is 0 Å². The molecule has 0 saturated heterocycles. The lowest BCUT2D eigenvalue weighted by Gasteiger charge is -2.23. The summed E-state index contributed by atoms with van der Waals surface area (Å²) in [6.07, 6.45) is 5.23. The van der Waals surface area contributed by atoms with E-state index < -0.39 is 17.2 Å². The Kier molecular flexibility index (Phi) is 8.03. The standard InChI is InChI=1S/C22H30N4O4/c1-5-7-13-26-20(23)19(21(28)24-22(26)29)25(12-6-2)18(27)11-9-16-14-15(3)8-10-17(16)30-4/h8-11,14H,5-7,12-13,23H2,1-4H3,(H,24,28,29)/b11-9+. The van der Waals surface area contributed by atoms with Crippen LogP contribution in [0.15, 0.2) is 33.9 Å². The number of hydrogen-bond donors (Lipinski definition) is 2. The number of carbonyl (C=O) groups is 1. The van der Waals surface area contributed by atoms with Gasteiger partial charge < -0.3 is 15.4 Å². The van der Waals surface area contributed by atoms with E-state index >= 15 is 0 Å². The molecule has 1 heterocycles. The lowest BCUT2D eigenvalue weighted by Crippen LogP contribution is -2.41. The van der Waals surface area contributed by atoms with Crippen LogP contribution in [0.4, 0.5) is 11.5 Å². The highest BCUT2D eigenvalue weighted by atomic mass is 16.5. The van der Waals surface area contributed by atoms with Gasteiger partial charge in [0.2, 0.25) is 0 Å². The van der Waals surface area contributed by atoms with Gasteiger partial charge in [-0.2, -0.15) is 0 Å². The SMILES string of the molecule is CCCCn1c(N)c(N(CCC)C(=O)/C=C/c2cc(C)ccc2OC)c(=O)[nH]c1=O. The number of benzene rings is 1. The normalized spacial score (nSPS) is 11.1. The summed E-state index contributed by atoms with van der Waals surface area (Å²) in [5.74, 6) is 0.232. The van der Waals surface area contributed by atoms with Crippen LogP contribution in [0.1, 0.15) is 44.2 Å². The van der Waals surface area contributed by atoms with Crippen molar-refractivity contribution < 1.29 is 9.53 Å². The van der Waals surface area contributed by atoms with Crippen molar-refractivity contribution in [1.82, 2.24) is 9.55 Å². The van der Waals surface area contributed by atoms with E-state index in [4.69, 9.17) is 10.5 Å². The number of aryl methyl sites for hydroxylation is 1. The lowest BCUT2D eigenvalue weighted by atomic mass is 10.1. The highest BCUT2D eigenvalue weighted by Gasteiger charge is 2.22. The number of carbonyl (C=O) groups excluding carboxylic acids is 1. The minimum absolute atomic E-state index is 0.000496. The Morgan fingerprint density at radius 1 is 1.27 bits per heavy atom. The molecule has 8 heteroatoms. The van der Waals surface area contributed by atoms with Gasteiger partial charge in [0.05, 0.1) is 7.11 Å². The lowest BCUT2D eigenvalue weighted by molar-refractivity contribution is -0.114. The van der Waals surface area contributed by atoms with Crippen molar-refractivity contribution in [2.24, 2.45) is 0 Å². The van der Waals surface area contributed by atoms with Crippen molar-refractivity contribution in [3.05, 3.63) is 56.2 Å². The molecule has 2 rings (SSSR count). The van der Waals surface area contributed by atoms with Crippen molar-refractivity contribution in [3.63, 3.8) is 0 Å². The van der Waals surface area contributed by atoms with E-state index in [0.29, 0.717) is 18.7 Å². The Morgan fingerprint density at radius 3 is 2.63 bits per heavy atom. The van der Waals surface area contributed by atoms with Gasteiger partial charge in [-0.15, -0.1) is 0 Å². The maximum Gasteiger partial charge on any atom is 0.330 e. The molecule has 0 aliphatic carbocycles. The molecule has 0 spiro atoms. The van der Waals surface area contributed by atoms with E-state index in [-0.39, 0.29) is 18.1 Å². The number of nitrogens with one attached hydrogen (secondary N) is 1. The van der Waals surface area contributed by atoms with Crippen LogP contribution >= 0.6 is 0 Å². The average molecular weight is 415 g/mol. The van der Waals surface area contributed by atoms with Crippen LogP contribution in [0.25, 0.3) is 6.08 Å². The molecule has 1 aromatic heterocycles. The van der Waals surface area contributed by atoms with Crippen LogP contribution in [0, 0.1) is 6.92 Å². The molecule has 30 heavy (non-hydrogen) atoms. The first-order chi connectivity index (χ1) is 14.3. The minimum atomic E-state index is -0.673. The number of aromatic amines is 1. The van der Waals surface area contributed by atoms with Gasteiger partial charge in [0, 0.05) is 24.7 Å². The Balaban J connectivity index is 2.47. The molecular formula is C22H30N4O4. The molecule has 0 radical (unpaired) electrons. The molecule has 1 amide bonds. The Hall–Kier alpha value is -3.29. The quantitative estimate of drug-likeness (QED) is 0.613. The first-order valence-electron chi connectivity index (χ1n) is 10.1. The van der Waals surface area contributed by atoms with E-state index in [9.17, 15) is 14.4 Å². The number of ether oxygens (including phenoxy) is 1. The van der Waals surface area contributed by atoms with Crippen molar-refractivity contribution >= 4 is 23.5 Å². The first-order valence-corrected chi connectivity index (χ1v) is 10.1. The van der Waals surface area contributed by atoms with Crippen LogP contribution in [0.2, 0.25) is 0 Å². The summed E-state index contributed by atoms with van der Waals surface area (Å²) in [4.78, 5) is 41.3. The van der Waals surface area contributed by atoms with Gasteiger partial charge in [-0.05, 0) is 38.0 Å². The molecule has 3 N–H and O–H groups in total. The molecule has 1 aromatic carbocycles. The molecule has 2 aromatic rings. The van der Waals surface area contributed by atoms with Gasteiger partial charge in [0.25, 0.3) is 11.5 Å². The van der Waals surface area contributed by atoms with Crippen LogP contribution in [0.3, 0.4) is 0 Å². The van der Waals surface area contributed by atoms with Gasteiger partial charge in [0.15, 0.2) is 5.69 Å². The fourth-order valence-electron chi connectivity index (χ4n) is 3.17. The van der Waals surface area contributed by atoms with Gasteiger partial charge in [-0.25, -0.2) is 4.79 Å². The average Bonchev–Trinajstić information content (AvgIpc) is 2.71. The summed E-state index contributed by atoms with van der Waals surface area (Å²) in [6, 6.07) is 5.65. The smallest absolute Gasteiger partial charge is 0.330 e. The maximum atomic E-state index is 13.0. The fraction of sp³-hybridized carbons (Fsp3) is 0.409. The second kappa shape index (κ2) is 10.5. The Bertz CT molecular complexity index is 1040. The van der Waals surface area contributed by atoms with E-state index in [2.05, 4.69) is 4.98 Å². The summed E-state index contributed by atoms with van der Waals surface area (Å²) >= 11 is 0. The van der Waals surface area contributed by atoms with E-state index in [1.807, 2.05) is 39.0 Å².